The Hall–Kier alpha value is -0.990. The number of nitrogens with two attached hydrogens (primary N) is 1. The van der Waals surface area contributed by atoms with Gasteiger partial charge in [0.15, 0.2) is 0 Å². The van der Waals surface area contributed by atoms with Gasteiger partial charge in [0, 0.05) is 5.70 Å². The molecule has 3 heteroatoms. The lowest BCUT2D eigenvalue weighted by Gasteiger charge is -2.20. The molecule has 0 radical (unpaired) electrons. The number of hydrogen-bond donors (Lipinski definition) is 1. The van der Waals surface area contributed by atoms with E-state index in [1.165, 1.54) is 0 Å². The number of anilines is 1. The van der Waals surface area contributed by atoms with Gasteiger partial charge in [0.25, 0.3) is 0 Å². The van der Waals surface area contributed by atoms with E-state index in [0.717, 1.165) is 11.4 Å². The van der Waals surface area contributed by atoms with Crippen LogP contribution >= 0.6 is 11.6 Å². The molecule has 70 valence electrons. The van der Waals surface area contributed by atoms with Crippen molar-refractivity contribution in [1.82, 2.24) is 0 Å². The van der Waals surface area contributed by atoms with Crippen molar-refractivity contribution in [2.45, 2.75) is 13.8 Å². The zero-order valence-corrected chi connectivity index (χ0v) is 8.55. The van der Waals surface area contributed by atoms with E-state index in [2.05, 4.69) is 0 Å². The Balaban J connectivity index is 3.02. The van der Waals surface area contributed by atoms with Crippen LogP contribution in [0.4, 0.5) is 5.69 Å². The monoisotopic (exact) mass is 196 g/mol. The number of hydrazine groups is 1. The topological polar surface area (TPSA) is 29.3 Å². The van der Waals surface area contributed by atoms with Gasteiger partial charge < -0.3 is 0 Å². The maximum atomic E-state index is 5.97. The first-order valence-electron chi connectivity index (χ1n) is 4.09. The van der Waals surface area contributed by atoms with Gasteiger partial charge >= 0.3 is 0 Å². The second-order valence-electron chi connectivity index (χ2n) is 2.75. The van der Waals surface area contributed by atoms with Crippen molar-refractivity contribution >= 4 is 17.3 Å². The minimum Gasteiger partial charge on any atom is -0.283 e. The molecule has 0 spiro atoms. The average Bonchev–Trinajstić information content (AvgIpc) is 2.16. The molecule has 0 aliphatic rings. The van der Waals surface area contributed by atoms with Crippen LogP contribution in [0.3, 0.4) is 0 Å². The molecule has 1 rings (SSSR count). The zero-order chi connectivity index (χ0) is 9.84. The van der Waals surface area contributed by atoms with Crippen LogP contribution in [-0.4, -0.2) is 0 Å². The molecule has 0 aliphatic heterocycles. The van der Waals surface area contributed by atoms with Crippen molar-refractivity contribution in [2.75, 3.05) is 5.01 Å². The summed E-state index contributed by atoms with van der Waals surface area (Å²) < 4.78 is 0. The highest BCUT2D eigenvalue weighted by atomic mass is 35.5. The maximum absolute atomic E-state index is 5.97. The highest BCUT2D eigenvalue weighted by Crippen LogP contribution is 2.25. The minimum atomic E-state index is 0.659. The number of allylic oxidation sites excluding steroid dienone is 2. The second-order valence-corrected chi connectivity index (χ2v) is 3.16. The lowest BCUT2D eigenvalue weighted by Crippen LogP contribution is -2.28. The standard InChI is InChI=1S/C10H13ClN2/c1-3-8(2)13(12)10-7-5-4-6-9(10)11/h3-7H,12H2,1-2H3/b8-3-. The van der Waals surface area contributed by atoms with E-state index in [9.17, 15) is 0 Å². The molecule has 13 heavy (non-hydrogen) atoms. The molecule has 0 saturated carbocycles. The summed E-state index contributed by atoms with van der Waals surface area (Å²) in [7, 11) is 0. The van der Waals surface area contributed by atoms with Crippen molar-refractivity contribution in [1.29, 1.82) is 0 Å². The van der Waals surface area contributed by atoms with Crippen LogP contribution < -0.4 is 10.9 Å². The summed E-state index contributed by atoms with van der Waals surface area (Å²) in [6.07, 6.45) is 1.93. The van der Waals surface area contributed by atoms with E-state index < -0.39 is 0 Å². The number of para-hydroxylation sites is 1. The zero-order valence-electron chi connectivity index (χ0n) is 7.79. The molecule has 0 saturated heterocycles. The van der Waals surface area contributed by atoms with Gasteiger partial charge in [-0.3, -0.25) is 5.01 Å². The Morgan fingerprint density at radius 1 is 1.46 bits per heavy atom. The quantitative estimate of drug-likeness (QED) is 0.582. The van der Waals surface area contributed by atoms with E-state index in [1.807, 2.05) is 44.2 Å². The third kappa shape index (κ3) is 2.23. The van der Waals surface area contributed by atoms with Crippen molar-refractivity contribution in [2.24, 2.45) is 5.84 Å². The largest absolute Gasteiger partial charge is 0.283 e. The van der Waals surface area contributed by atoms with Crippen LogP contribution in [0.15, 0.2) is 36.0 Å². The fraction of sp³-hybridized carbons (Fsp3) is 0.200. The van der Waals surface area contributed by atoms with Crippen LogP contribution in [0.2, 0.25) is 5.02 Å². The Kier molecular flexibility index (Phi) is 3.34. The van der Waals surface area contributed by atoms with Gasteiger partial charge in [-0.2, -0.15) is 0 Å². The van der Waals surface area contributed by atoms with Gasteiger partial charge in [-0.15, -0.1) is 0 Å². The fourth-order valence-electron chi connectivity index (χ4n) is 0.976. The van der Waals surface area contributed by atoms with Crippen LogP contribution in [-0.2, 0) is 0 Å². The predicted molar refractivity (Wildman–Crippen MR) is 57.5 cm³/mol. The molecule has 2 nitrogen and oxygen atoms in total. The van der Waals surface area contributed by atoms with Crippen molar-refractivity contribution in [3.63, 3.8) is 0 Å². The van der Waals surface area contributed by atoms with E-state index in [4.69, 9.17) is 17.4 Å². The third-order valence-electron chi connectivity index (χ3n) is 1.91. The molecule has 0 aliphatic carbocycles. The molecule has 2 N–H and O–H groups in total. The molecular weight excluding hydrogens is 184 g/mol. The van der Waals surface area contributed by atoms with Crippen LogP contribution in [0.5, 0.6) is 0 Å². The lowest BCUT2D eigenvalue weighted by atomic mass is 10.3. The van der Waals surface area contributed by atoms with E-state index in [1.54, 1.807) is 5.01 Å². The van der Waals surface area contributed by atoms with E-state index in [-0.39, 0.29) is 0 Å². The summed E-state index contributed by atoms with van der Waals surface area (Å²) in [5.74, 6) is 5.83. The summed E-state index contributed by atoms with van der Waals surface area (Å²) in [6, 6.07) is 7.49. The van der Waals surface area contributed by atoms with Gasteiger partial charge in [-0.05, 0) is 26.0 Å². The van der Waals surface area contributed by atoms with Gasteiger partial charge in [0.2, 0.25) is 0 Å². The minimum absolute atomic E-state index is 0.659. The molecule has 0 heterocycles. The summed E-state index contributed by atoms with van der Waals surface area (Å²) in [5, 5.41) is 2.23. The van der Waals surface area contributed by atoms with Crippen LogP contribution in [0.25, 0.3) is 0 Å². The first-order valence-corrected chi connectivity index (χ1v) is 4.47. The highest BCUT2D eigenvalue weighted by Gasteiger charge is 2.05. The van der Waals surface area contributed by atoms with Gasteiger partial charge in [0.05, 0.1) is 10.7 Å². The summed E-state index contributed by atoms with van der Waals surface area (Å²) >= 11 is 5.97. The molecule has 1 aromatic rings. The molecule has 1 aromatic carbocycles. The molecule has 0 aromatic heterocycles. The number of benzene rings is 1. The second kappa shape index (κ2) is 4.30. The van der Waals surface area contributed by atoms with Crippen molar-refractivity contribution < 1.29 is 0 Å². The van der Waals surface area contributed by atoms with Crippen LogP contribution in [0.1, 0.15) is 13.8 Å². The number of nitrogens with zero attached hydrogens (tertiary/aromatic N) is 1. The van der Waals surface area contributed by atoms with Crippen molar-refractivity contribution in [3.8, 4) is 0 Å². The van der Waals surface area contributed by atoms with E-state index >= 15 is 0 Å². The molecule has 0 amide bonds. The first-order chi connectivity index (χ1) is 6.16. The molecule has 0 fully saturated rings. The fourth-order valence-corrected chi connectivity index (χ4v) is 1.20. The first kappa shape index (κ1) is 10.1. The summed E-state index contributed by atoms with van der Waals surface area (Å²) in [6.45, 7) is 3.87. The SMILES string of the molecule is C/C=C(/C)N(N)c1ccccc1Cl. The predicted octanol–water partition coefficient (Wildman–Crippen LogP) is 2.94. The molecule has 0 bridgehead atoms. The van der Waals surface area contributed by atoms with E-state index in [0.29, 0.717) is 5.02 Å². The summed E-state index contributed by atoms with van der Waals surface area (Å²) in [5.41, 5.74) is 1.79. The molecular formula is C10H13ClN2. The Morgan fingerprint density at radius 2 is 2.08 bits per heavy atom. The normalized spacial score (nSPS) is 11.5. The average molecular weight is 197 g/mol. The number of halogens is 1. The molecule has 0 atom stereocenters. The van der Waals surface area contributed by atoms with Crippen molar-refractivity contribution in [3.05, 3.63) is 41.1 Å². The van der Waals surface area contributed by atoms with Crippen LogP contribution in [0, 0.1) is 0 Å². The number of rotatable bonds is 2. The van der Waals surface area contributed by atoms with Gasteiger partial charge in [-0.1, -0.05) is 29.8 Å². The third-order valence-corrected chi connectivity index (χ3v) is 2.23. The maximum Gasteiger partial charge on any atom is 0.0757 e. The van der Waals surface area contributed by atoms with Gasteiger partial charge in [0.1, 0.15) is 0 Å². The van der Waals surface area contributed by atoms with Gasteiger partial charge in [-0.25, -0.2) is 5.84 Å². The Bertz CT molecular complexity index is 320. The smallest absolute Gasteiger partial charge is 0.0757 e. The highest BCUT2D eigenvalue weighted by molar-refractivity contribution is 6.33. The Labute approximate surface area is 83.6 Å². The molecule has 0 unspecified atom stereocenters. The Morgan fingerprint density at radius 3 is 2.62 bits per heavy atom. The number of hydrogen-bond acceptors (Lipinski definition) is 2. The lowest BCUT2D eigenvalue weighted by molar-refractivity contribution is 0.991. The summed E-state index contributed by atoms with van der Waals surface area (Å²) in [4.78, 5) is 0.